The quantitative estimate of drug-likeness (QED) is 0.539. The van der Waals surface area contributed by atoms with Crippen molar-refractivity contribution in [3.63, 3.8) is 0 Å². The molecule has 0 spiro atoms. The summed E-state index contributed by atoms with van der Waals surface area (Å²) >= 11 is 1.79. The molecular weight excluding hydrogens is 140 g/mol. The maximum Gasteiger partial charge on any atom is 0.00291 e. The number of hydrogen-bond donors (Lipinski definition) is 0. The summed E-state index contributed by atoms with van der Waals surface area (Å²) in [5.41, 5.74) is 1.50. The zero-order chi connectivity index (χ0) is 6.81. The van der Waals surface area contributed by atoms with Gasteiger partial charge in [0.25, 0.3) is 0 Å². The summed E-state index contributed by atoms with van der Waals surface area (Å²) in [4.78, 5) is 0. The Morgan fingerprint density at radius 3 is 3.10 bits per heavy atom. The third-order valence-corrected chi connectivity index (χ3v) is 2.69. The first-order valence-electron chi connectivity index (χ1n) is 3.65. The topological polar surface area (TPSA) is 0 Å². The molecule has 1 heterocycles. The van der Waals surface area contributed by atoms with Gasteiger partial charge in [0.1, 0.15) is 0 Å². The maximum absolute atomic E-state index is 2.32. The lowest BCUT2D eigenvalue weighted by Crippen LogP contribution is -1.85. The third-order valence-electron chi connectivity index (χ3n) is 1.98. The predicted molar refractivity (Wildman–Crippen MR) is 45.4 cm³/mol. The molecule has 1 aromatic heterocycles. The van der Waals surface area contributed by atoms with Crippen molar-refractivity contribution in [2.75, 3.05) is 0 Å². The molecule has 0 nitrogen and oxygen atoms in total. The number of rotatable bonds is 1. The minimum absolute atomic E-state index is 0.728. The van der Waals surface area contributed by atoms with Gasteiger partial charge >= 0.3 is 0 Å². The highest BCUT2D eigenvalue weighted by atomic mass is 32.1. The fraction of sp³-hybridized carbons (Fsp3) is 0.333. The Morgan fingerprint density at radius 1 is 1.50 bits per heavy atom. The number of hydrogen-bond acceptors (Lipinski definition) is 1. The van der Waals surface area contributed by atoms with Crippen LogP contribution in [-0.4, -0.2) is 0 Å². The van der Waals surface area contributed by atoms with Crippen LogP contribution in [0, 0.1) is 0 Å². The summed E-state index contributed by atoms with van der Waals surface area (Å²) < 4.78 is 0. The lowest BCUT2D eigenvalue weighted by molar-refractivity contribution is 0.804. The van der Waals surface area contributed by atoms with Gasteiger partial charge in [0.2, 0.25) is 0 Å². The average molecular weight is 150 g/mol. The van der Waals surface area contributed by atoms with Gasteiger partial charge in [-0.1, -0.05) is 12.2 Å². The van der Waals surface area contributed by atoms with E-state index < -0.39 is 0 Å². The van der Waals surface area contributed by atoms with E-state index in [0.29, 0.717) is 0 Å². The zero-order valence-corrected chi connectivity index (χ0v) is 6.60. The van der Waals surface area contributed by atoms with Crippen molar-refractivity contribution in [2.45, 2.75) is 18.8 Å². The van der Waals surface area contributed by atoms with Crippen LogP contribution >= 0.6 is 11.3 Å². The summed E-state index contributed by atoms with van der Waals surface area (Å²) in [6, 6.07) is 2.23. The lowest BCUT2D eigenvalue weighted by atomic mass is 10.0. The summed E-state index contributed by atoms with van der Waals surface area (Å²) in [7, 11) is 0. The van der Waals surface area contributed by atoms with E-state index in [1.807, 2.05) is 0 Å². The third kappa shape index (κ3) is 1.01. The molecular formula is C9H10S. The monoisotopic (exact) mass is 150 g/mol. The van der Waals surface area contributed by atoms with Crippen molar-refractivity contribution in [1.29, 1.82) is 0 Å². The largest absolute Gasteiger partial charge is 0.152 e. The molecule has 2 rings (SSSR count). The van der Waals surface area contributed by atoms with Crippen molar-refractivity contribution in [2.24, 2.45) is 0 Å². The number of allylic oxidation sites excluding steroid dienone is 2. The van der Waals surface area contributed by atoms with E-state index in [1.54, 1.807) is 11.3 Å². The van der Waals surface area contributed by atoms with Crippen LogP contribution in [0.2, 0.25) is 0 Å². The Bertz CT molecular complexity index is 221. The van der Waals surface area contributed by atoms with Gasteiger partial charge in [0.05, 0.1) is 0 Å². The Hall–Kier alpha value is -0.560. The van der Waals surface area contributed by atoms with Crippen LogP contribution in [0.25, 0.3) is 0 Å². The molecule has 0 unspecified atom stereocenters. The molecule has 0 radical (unpaired) electrons. The highest BCUT2D eigenvalue weighted by Crippen LogP contribution is 2.29. The molecule has 10 heavy (non-hydrogen) atoms. The first kappa shape index (κ1) is 6.17. The molecule has 0 saturated heterocycles. The van der Waals surface area contributed by atoms with Crippen LogP contribution in [0.3, 0.4) is 0 Å². The second-order valence-corrected chi connectivity index (χ2v) is 3.45. The SMILES string of the molecule is C1=C[C@H](c2ccsc2)CC1. The van der Waals surface area contributed by atoms with Crippen LogP contribution in [0.4, 0.5) is 0 Å². The van der Waals surface area contributed by atoms with E-state index in [0.717, 1.165) is 5.92 Å². The minimum atomic E-state index is 0.728. The van der Waals surface area contributed by atoms with Crippen molar-refractivity contribution in [3.05, 3.63) is 34.5 Å². The molecule has 0 aliphatic heterocycles. The molecule has 1 atom stereocenters. The van der Waals surface area contributed by atoms with Crippen LogP contribution in [0.15, 0.2) is 29.0 Å². The van der Waals surface area contributed by atoms with E-state index >= 15 is 0 Å². The Balaban J connectivity index is 2.20. The molecule has 1 aliphatic carbocycles. The van der Waals surface area contributed by atoms with E-state index in [-0.39, 0.29) is 0 Å². The van der Waals surface area contributed by atoms with Gasteiger partial charge in [0, 0.05) is 5.92 Å². The number of thiophene rings is 1. The average Bonchev–Trinajstić information content (AvgIpc) is 2.59. The Kier molecular flexibility index (Phi) is 1.60. The normalized spacial score (nSPS) is 23.8. The van der Waals surface area contributed by atoms with Gasteiger partial charge in [-0.25, -0.2) is 0 Å². The van der Waals surface area contributed by atoms with Crippen molar-refractivity contribution < 1.29 is 0 Å². The van der Waals surface area contributed by atoms with Crippen molar-refractivity contribution >= 4 is 11.3 Å². The summed E-state index contributed by atoms with van der Waals surface area (Å²) in [5, 5.41) is 4.40. The maximum atomic E-state index is 2.32. The van der Waals surface area contributed by atoms with Crippen molar-refractivity contribution in [1.82, 2.24) is 0 Å². The van der Waals surface area contributed by atoms with Crippen LogP contribution in [0.5, 0.6) is 0 Å². The Labute approximate surface area is 65.2 Å². The highest BCUT2D eigenvalue weighted by Gasteiger charge is 2.10. The Morgan fingerprint density at radius 2 is 2.50 bits per heavy atom. The zero-order valence-electron chi connectivity index (χ0n) is 5.79. The summed E-state index contributed by atoms with van der Waals surface area (Å²) in [5.74, 6) is 0.728. The van der Waals surface area contributed by atoms with Gasteiger partial charge in [-0.05, 0) is 35.2 Å². The fourth-order valence-corrected chi connectivity index (χ4v) is 2.12. The first-order valence-corrected chi connectivity index (χ1v) is 4.60. The van der Waals surface area contributed by atoms with E-state index in [2.05, 4.69) is 29.0 Å². The molecule has 0 saturated carbocycles. The van der Waals surface area contributed by atoms with Gasteiger partial charge < -0.3 is 0 Å². The smallest absolute Gasteiger partial charge is 0.00291 e. The second kappa shape index (κ2) is 2.59. The molecule has 0 N–H and O–H groups in total. The van der Waals surface area contributed by atoms with E-state index in [9.17, 15) is 0 Å². The molecule has 0 fully saturated rings. The molecule has 1 aromatic rings. The van der Waals surface area contributed by atoms with Crippen molar-refractivity contribution in [3.8, 4) is 0 Å². The molecule has 1 heteroatoms. The van der Waals surface area contributed by atoms with Gasteiger partial charge in [-0.2, -0.15) is 11.3 Å². The second-order valence-electron chi connectivity index (χ2n) is 2.67. The summed E-state index contributed by atoms with van der Waals surface area (Å²) in [6.07, 6.45) is 7.18. The van der Waals surface area contributed by atoms with Crippen LogP contribution in [0.1, 0.15) is 24.3 Å². The predicted octanol–water partition coefficient (Wildman–Crippen LogP) is 3.18. The van der Waals surface area contributed by atoms with Gasteiger partial charge in [0.15, 0.2) is 0 Å². The highest BCUT2D eigenvalue weighted by molar-refractivity contribution is 7.07. The van der Waals surface area contributed by atoms with Crippen LogP contribution < -0.4 is 0 Å². The van der Waals surface area contributed by atoms with Gasteiger partial charge in [-0.3, -0.25) is 0 Å². The summed E-state index contributed by atoms with van der Waals surface area (Å²) in [6.45, 7) is 0. The fourth-order valence-electron chi connectivity index (χ4n) is 1.40. The standard InChI is InChI=1S/C9H10S/c1-2-4-8(3-1)9-5-6-10-7-9/h1,3,5-8H,2,4H2/t8-/m0/s1. The minimum Gasteiger partial charge on any atom is -0.152 e. The van der Waals surface area contributed by atoms with E-state index in [1.165, 1.54) is 18.4 Å². The van der Waals surface area contributed by atoms with E-state index in [4.69, 9.17) is 0 Å². The molecule has 0 bridgehead atoms. The van der Waals surface area contributed by atoms with Gasteiger partial charge in [-0.15, -0.1) is 0 Å². The molecule has 1 aliphatic rings. The molecule has 0 aromatic carbocycles. The molecule has 52 valence electrons. The first-order chi connectivity index (χ1) is 4.97. The molecule has 0 amide bonds. The van der Waals surface area contributed by atoms with Crippen LogP contribution in [-0.2, 0) is 0 Å². The lowest BCUT2D eigenvalue weighted by Gasteiger charge is -2.01.